The van der Waals surface area contributed by atoms with Crippen LogP contribution in [0.4, 0.5) is 0 Å². The Bertz CT molecular complexity index is 857. The van der Waals surface area contributed by atoms with Gasteiger partial charge in [0.2, 0.25) is 0 Å². The maximum Gasteiger partial charge on any atom is 0.270 e. The summed E-state index contributed by atoms with van der Waals surface area (Å²) in [6, 6.07) is 14.0. The molecule has 2 aromatic carbocycles. The van der Waals surface area contributed by atoms with E-state index in [4.69, 9.17) is 16.3 Å². The molecule has 0 saturated carbocycles. The molecule has 2 rings (SSSR count). The quantitative estimate of drug-likeness (QED) is 0.420. The second kappa shape index (κ2) is 12.0. The molecule has 0 fully saturated rings. The maximum absolute atomic E-state index is 12.9. The fourth-order valence-corrected chi connectivity index (χ4v) is 2.92. The minimum Gasteiger partial charge on any atom is -0.494 e. The Hall–Kier alpha value is -2.79. The lowest BCUT2D eigenvalue weighted by atomic mass is 10.1. The Kier molecular flexibility index (Phi) is 9.42. The minimum atomic E-state index is -0.351. The van der Waals surface area contributed by atoms with E-state index in [1.165, 1.54) is 0 Å². The van der Waals surface area contributed by atoms with Crippen molar-refractivity contribution in [1.29, 1.82) is 0 Å². The summed E-state index contributed by atoms with van der Waals surface area (Å²) < 4.78 is 5.64. The second-order valence-corrected chi connectivity index (χ2v) is 7.20. The van der Waals surface area contributed by atoms with E-state index < -0.39 is 0 Å². The molecule has 160 valence electrons. The van der Waals surface area contributed by atoms with Crippen LogP contribution in [0.3, 0.4) is 0 Å². The van der Waals surface area contributed by atoms with Crippen LogP contribution in [0.5, 0.6) is 5.75 Å². The third-order valence-electron chi connectivity index (χ3n) is 4.59. The van der Waals surface area contributed by atoms with Crippen molar-refractivity contribution < 1.29 is 14.3 Å². The number of likely N-dealkylation sites (N-methyl/N-ethyl adjacent to an activating group) is 1. The van der Waals surface area contributed by atoms with E-state index in [9.17, 15) is 9.59 Å². The number of carbonyl (C=O) groups excluding carboxylic acids is 2. The van der Waals surface area contributed by atoms with Crippen molar-refractivity contribution in [2.24, 2.45) is 0 Å². The van der Waals surface area contributed by atoms with Crippen molar-refractivity contribution >= 4 is 29.5 Å². The van der Waals surface area contributed by atoms with Gasteiger partial charge in [0.1, 0.15) is 11.4 Å². The molecule has 0 aliphatic heterocycles. The van der Waals surface area contributed by atoms with Crippen LogP contribution >= 0.6 is 11.6 Å². The Balaban J connectivity index is 2.21. The van der Waals surface area contributed by atoms with E-state index in [1.54, 1.807) is 59.5 Å². The van der Waals surface area contributed by atoms with Gasteiger partial charge in [-0.1, -0.05) is 37.1 Å². The molecule has 0 spiro atoms. The zero-order chi connectivity index (χ0) is 21.9. The van der Waals surface area contributed by atoms with Gasteiger partial charge in [0.05, 0.1) is 6.61 Å². The van der Waals surface area contributed by atoms with Crippen molar-refractivity contribution in [3.8, 4) is 5.75 Å². The summed E-state index contributed by atoms with van der Waals surface area (Å²) in [5.74, 6) is 0.134. The molecule has 1 N–H and O–H groups in total. The SMILES string of the molecule is CCCCOc1ccc(C(=O)N/C(=C/c2ccc(Cl)cc2)C(=O)N(CC)CC)cc1. The Labute approximate surface area is 183 Å². The molecule has 6 heteroatoms. The smallest absolute Gasteiger partial charge is 0.270 e. The van der Waals surface area contributed by atoms with E-state index in [2.05, 4.69) is 12.2 Å². The summed E-state index contributed by atoms with van der Waals surface area (Å²) >= 11 is 5.95. The van der Waals surface area contributed by atoms with Crippen LogP contribution in [0.25, 0.3) is 6.08 Å². The number of amides is 2. The Morgan fingerprint density at radius 3 is 2.20 bits per heavy atom. The number of ether oxygens (including phenoxy) is 1. The number of hydrogen-bond donors (Lipinski definition) is 1. The highest BCUT2D eigenvalue weighted by atomic mass is 35.5. The number of rotatable bonds is 10. The third kappa shape index (κ3) is 6.92. The third-order valence-corrected chi connectivity index (χ3v) is 4.85. The number of carbonyl (C=O) groups is 2. The minimum absolute atomic E-state index is 0.217. The molecular weight excluding hydrogens is 400 g/mol. The topological polar surface area (TPSA) is 58.6 Å². The van der Waals surface area contributed by atoms with Crippen molar-refractivity contribution in [2.45, 2.75) is 33.6 Å². The van der Waals surface area contributed by atoms with E-state index >= 15 is 0 Å². The van der Waals surface area contributed by atoms with Gasteiger partial charge in [0, 0.05) is 23.7 Å². The van der Waals surface area contributed by atoms with Gasteiger partial charge >= 0.3 is 0 Å². The first-order chi connectivity index (χ1) is 14.5. The molecule has 0 radical (unpaired) electrons. The summed E-state index contributed by atoms with van der Waals surface area (Å²) in [6.45, 7) is 7.65. The van der Waals surface area contributed by atoms with E-state index in [0.717, 1.165) is 24.2 Å². The molecule has 2 amide bonds. The molecule has 5 nitrogen and oxygen atoms in total. The molecule has 0 bridgehead atoms. The van der Waals surface area contributed by atoms with E-state index in [0.29, 0.717) is 30.3 Å². The highest BCUT2D eigenvalue weighted by Gasteiger charge is 2.19. The largest absolute Gasteiger partial charge is 0.494 e. The molecule has 0 heterocycles. The van der Waals surface area contributed by atoms with Gasteiger partial charge in [-0.2, -0.15) is 0 Å². The van der Waals surface area contributed by atoms with Crippen molar-refractivity contribution in [3.63, 3.8) is 0 Å². The van der Waals surface area contributed by atoms with Gasteiger partial charge in [0.15, 0.2) is 0 Å². The standard InChI is InChI=1S/C24H29ClN2O3/c1-4-7-16-30-21-14-10-19(11-15-21)23(28)26-22(24(29)27(5-2)6-3)17-18-8-12-20(25)13-9-18/h8-15,17H,4-7,16H2,1-3H3,(H,26,28)/b22-17+. The lowest BCUT2D eigenvalue weighted by Crippen LogP contribution is -2.38. The average Bonchev–Trinajstić information content (AvgIpc) is 2.76. The van der Waals surface area contributed by atoms with Crippen LogP contribution in [0.1, 0.15) is 49.5 Å². The molecule has 0 aliphatic carbocycles. The van der Waals surface area contributed by atoms with Gasteiger partial charge in [-0.25, -0.2) is 0 Å². The molecule has 0 aliphatic rings. The zero-order valence-electron chi connectivity index (χ0n) is 17.8. The highest BCUT2D eigenvalue weighted by molar-refractivity contribution is 6.30. The van der Waals surface area contributed by atoms with Crippen LogP contribution in [-0.2, 0) is 4.79 Å². The average molecular weight is 429 g/mol. The van der Waals surface area contributed by atoms with Gasteiger partial charge in [-0.05, 0) is 68.3 Å². The molecule has 0 atom stereocenters. The predicted molar refractivity (Wildman–Crippen MR) is 122 cm³/mol. The number of nitrogens with zero attached hydrogens (tertiary/aromatic N) is 1. The zero-order valence-corrected chi connectivity index (χ0v) is 18.5. The number of halogens is 1. The summed E-state index contributed by atoms with van der Waals surface area (Å²) in [5.41, 5.74) is 1.44. The van der Waals surface area contributed by atoms with Crippen LogP contribution in [-0.4, -0.2) is 36.4 Å². The normalized spacial score (nSPS) is 11.1. The van der Waals surface area contributed by atoms with Gasteiger partial charge in [-0.3, -0.25) is 9.59 Å². The molecule has 30 heavy (non-hydrogen) atoms. The van der Waals surface area contributed by atoms with Gasteiger partial charge < -0.3 is 15.0 Å². The molecule has 2 aromatic rings. The lowest BCUT2D eigenvalue weighted by Gasteiger charge is -2.21. The van der Waals surface area contributed by atoms with Gasteiger partial charge in [-0.15, -0.1) is 0 Å². The van der Waals surface area contributed by atoms with Crippen LogP contribution in [0.15, 0.2) is 54.2 Å². The first-order valence-corrected chi connectivity index (χ1v) is 10.7. The van der Waals surface area contributed by atoms with Crippen LogP contribution in [0, 0.1) is 0 Å². The first kappa shape index (κ1) is 23.5. The van der Waals surface area contributed by atoms with Gasteiger partial charge in [0.25, 0.3) is 11.8 Å². The fourth-order valence-electron chi connectivity index (χ4n) is 2.79. The van der Waals surface area contributed by atoms with Crippen molar-refractivity contribution in [1.82, 2.24) is 10.2 Å². The van der Waals surface area contributed by atoms with Crippen LogP contribution < -0.4 is 10.1 Å². The lowest BCUT2D eigenvalue weighted by molar-refractivity contribution is -0.127. The molecule has 0 aromatic heterocycles. The van der Waals surface area contributed by atoms with Crippen LogP contribution in [0.2, 0.25) is 5.02 Å². The predicted octanol–water partition coefficient (Wildman–Crippen LogP) is 5.16. The van der Waals surface area contributed by atoms with E-state index in [1.807, 2.05) is 13.8 Å². The Morgan fingerprint density at radius 2 is 1.63 bits per heavy atom. The number of unbranched alkanes of at least 4 members (excludes halogenated alkanes) is 1. The summed E-state index contributed by atoms with van der Waals surface area (Å²) in [7, 11) is 0. The monoisotopic (exact) mass is 428 g/mol. The Morgan fingerprint density at radius 1 is 1.00 bits per heavy atom. The van der Waals surface area contributed by atoms with Crippen molar-refractivity contribution in [3.05, 3.63) is 70.4 Å². The number of nitrogens with one attached hydrogen (secondary N) is 1. The van der Waals surface area contributed by atoms with Crippen molar-refractivity contribution in [2.75, 3.05) is 19.7 Å². The second-order valence-electron chi connectivity index (χ2n) is 6.77. The fraction of sp³-hybridized carbons (Fsp3) is 0.333. The summed E-state index contributed by atoms with van der Waals surface area (Å²) in [6.07, 6.45) is 3.70. The number of hydrogen-bond acceptors (Lipinski definition) is 3. The maximum atomic E-state index is 12.9. The highest BCUT2D eigenvalue weighted by Crippen LogP contribution is 2.15. The number of benzene rings is 2. The molecular formula is C24H29ClN2O3. The molecule has 0 unspecified atom stereocenters. The first-order valence-electron chi connectivity index (χ1n) is 10.3. The summed E-state index contributed by atoms with van der Waals surface area (Å²) in [4.78, 5) is 27.4. The van der Waals surface area contributed by atoms with E-state index in [-0.39, 0.29) is 17.5 Å². The summed E-state index contributed by atoms with van der Waals surface area (Å²) in [5, 5.41) is 3.38. The molecule has 0 saturated heterocycles.